The summed E-state index contributed by atoms with van der Waals surface area (Å²) >= 11 is 0. The number of nitrogens with two attached hydrogens (primary N) is 1. The molecule has 2 saturated heterocycles. The maximum atomic E-state index is 11.9. The topological polar surface area (TPSA) is 61.9 Å². The van der Waals surface area contributed by atoms with Crippen LogP contribution in [0.3, 0.4) is 0 Å². The summed E-state index contributed by atoms with van der Waals surface area (Å²) in [5.74, 6) is 0.662. The zero-order valence-corrected chi connectivity index (χ0v) is 13.8. The van der Waals surface area contributed by atoms with Gasteiger partial charge < -0.3 is 15.5 Å². The summed E-state index contributed by atoms with van der Waals surface area (Å²) in [7, 11) is 0. The predicted octanol–water partition coefficient (Wildman–Crippen LogP) is 1.42. The number of guanidine groups is 1. The first-order valence-electron chi connectivity index (χ1n) is 7.10. The fourth-order valence-electron chi connectivity index (χ4n) is 2.61. The number of rotatable bonds is 2. The highest BCUT2D eigenvalue weighted by Gasteiger charge is 2.17. The molecular weight excluding hydrogens is 355 g/mol. The van der Waals surface area contributed by atoms with Crippen molar-refractivity contribution < 1.29 is 4.79 Å². The number of carbonyl (C=O) groups is 1. The van der Waals surface area contributed by atoms with E-state index in [1.165, 1.54) is 25.7 Å². The van der Waals surface area contributed by atoms with E-state index in [0.29, 0.717) is 5.96 Å². The number of piperidine rings is 2. The molecule has 2 rings (SSSR count). The van der Waals surface area contributed by atoms with Gasteiger partial charge in [0.15, 0.2) is 5.96 Å². The second kappa shape index (κ2) is 8.60. The van der Waals surface area contributed by atoms with Crippen LogP contribution in [0.25, 0.3) is 0 Å². The lowest BCUT2D eigenvalue weighted by molar-refractivity contribution is -0.130. The summed E-state index contributed by atoms with van der Waals surface area (Å²) < 4.78 is 0. The van der Waals surface area contributed by atoms with Crippen LogP contribution in [-0.2, 0) is 4.79 Å². The highest BCUT2D eigenvalue weighted by molar-refractivity contribution is 14.0. The Kier molecular flexibility index (Phi) is 7.48. The summed E-state index contributed by atoms with van der Waals surface area (Å²) in [6.45, 7) is 3.94. The first kappa shape index (κ1) is 16.5. The van der Waals surface area contributed by atoms with Crippen molar-refractivity contribution in [2.75, 3.05) is 32.7 Å². The first-order valence-corrected chi connectivity index (χ1v) is 7.10. The van der Waals surface area contributed by atoms with E-state index in [2.05, 4.69) is 9.89 Å². The molecule has 0 aromatic rings. The van der Waals surface area contributed by atoms with Crippen molar-refractivity contribution in [3.8, 4) is 0 Å². The fraction of sp³-hybridized carbons (Fsp3) is 0.846. The van der Waals surface area contributed by atoms with Gasteiger partial charge in [-0.15, -0.1) is 24.0 Å². The van der Waals surface area contributed by atoms with Crippen molar-refractivity contribution in [1.29, 1.82) is 0 Å². The highest BCUT2D eigenvalue weighted by atomic mass is 127. The third kappa shape index (κ3) is 5.16. The van der Waals surface area contributed by atoms with Gasteiger partial charge in [-0.25, -0.2) is 4.99 Å². The van der Waals surface area contributed by atoms with Crippen LogP contribution >= 0.6 is 24.0 Å². The minimum absolute atomic E-state index is 0. The largest absolute Gasteiger partial charge is 0.370 e. The van der Waals surface area contributed by atoms with Gasteiger partial charge in [0.1, 0.15) is 6.54 Å². The molecule has 0 aliphatic carbocycles. The molecule has 6 heteroatoms. The van der Waals surface area contributed by atoms with E-state index in [4.69, 9.17) is 5.73 Å². The van der Waals surface area contributed by atoms with Crippen molar-refractivity contribution in [2.45, 2.75) is 38.5 Å². The van der Waals surface area contributed by atoms with E-state index in [0.717, 1.165) is 39.0 Å². The smallest absolute Gasteiger partial charge is 0.244 e. The van der Waals surface area contributed by atoms with Crippen molar-refractivity contribution >= 4 is 35.8 Å². The Balaban J connectivity index is 0.00000180. The monoisotopic (exact) mass is 380 g/mol. The standard InChI is InChI=1S/C13H24N4O.HI/c14-13(17-9-5-2-6-10-17)15-11-12(18)16-7-3-1-4-8-16;/h1-11H2,(H2,14,15);1H. The molecule has 2 aliphatic rings. The van der Waals surface area contributed by atoms with Gasteiger partial charge >= 0.3 is 0 Å². The van der Waals surface area contributed by atoms with E-state index in [9.17, 15) is 4.79 Å². The van der Waals surface area contributed by atoms with E-state index < -0.39 is 0 Å². The Labute approximate surface area is 132 Å². The Morgan fingerprint density at radius 1 is 0.895 bits per heavy atom. The van der Waals surface area contributed by atoms with Gasteiger partial charge in [0.2, 0.25) is 5.91 Å². The van der Waals surface area contributed by atoms with Crippen LogP contribution in [0, 0.1) is 0 Å². The van der Waals surface area contributed by atoms with Crippen molar-refractivity contribution in [3.63, 3.8) is 0 Å². The molecule has 2 heterocycles. The second-order valence-corrected chi connectivity index (χ2v) is 5.16. The molecule has 19 heavy (non-hydrogen) atoms. The maximum absolute atomic E-state index is 11.9. The average molecular weight is 380 g/mol. The predicted molar refractivity (Wildman–Crippen MR) is 87.8 cm³/mol. The lowest BCUT2D eigenvalue weighted by Gasteiger charge is -2.28. The molecule has 110 valence electrons. The van der Waals surface area contributed by atoms with Crippen LogP contribution in [-0.4, -0.2) is 54.4 Å². The third-order valence-electron chi connectivity index (χ3n) is 3.77. The molecule has 2 N–H and O–H groups in total. The Hall–Kier alpha value is -0.530. The Bertz CT molecular complexity index is 310. The molecule has 1 amide bonds. The zero-order chi connectivity index (χ0) is 12.8. The average Bonchev–Trinajstić information content (AvgIpc) is 2.46. The van der Waals surface area contributed by atoms with Crippen LogP contribution in [0.4, 0.5) is 0 Å². The molecule has 2 aliphatic heterocycles. The summed E-state index contributed by atoms with van der Waals surface area (Å²) in [5.41, 5.74) is 5.93. The molecule has 0 saturated carbocycles. The molecular formula is C13H25IN4O. The SMILES string of the molecule is I.NC(=NCC(=O)N1CCCCC1)N1CCCCC1. The number of halogens is 1. The van der Waals surface area contributed by atoms with Gasteiger partial charge in [-0.05, 0) is 38.5 Å². The number of carbonyl (C=O) groups excluding carboxylic acids is 1. The van der Waals surface area contributed by atoms with Gasteiger partial charge in [-0.2, -0.15) is 0 Å². The Morgan fingerprint density at radius 2 is 1.37 bits per heavy atom. The number of aliphatic imine (C=N–C) groups is 1. The molecule has 0 aromatic heterocycles. The summed E-state index contributed by atoms with van der Waals surface area (Å²) in [6, 6.07) is 0. The van der Waals surface area contributed by atoms with E-state index in [-0.39, 0.29) is 36.4 Å². The van der Waals surface area contributed by atoms with Crippen molar-refractivity contribution in [2.24, 2.45) is 10.7 Å². The summed E-state index contributed by atoms with van der Waals surface area (Å²) in [6.07, 6.45) is 7.11. The fourth-order valence-corrected chi connectivity index (χ4v) is 2.61. The molecule has 0 aromatic carbocycles. The summed E-state index contributed by atoms with van der Waals surface area (Å²) in [5, 5.41) is 0. The molecule has 0 radical (unpaired) electrons. The Morgan fingerprint density at radius 3 is 1.89 bits per heavy atom. The van der Waals surface area contributed by atoms with E-state index in [1.807, 2.05) is 4.90 Å². The lowest BCUT2D eigenvalue weighted by Crippen LogP contribution is -2.42. The number of nitrogens with zero attached hydrogens (tertiary/aromatic N) is 3. The lowest BCUT2D eigenvalue weighted by atomic mass is 10.1. The van der Waals surface area contributed by atoms with Gasteiger partial charge in [0, 0.05) is 26.2 Å². The van der Waals surface area contributed by atoms with Crippen LogP contribution in [0.1, 0.15) is 38.5 Å². The van der Waals surface area contributed by atoms with Gasteiger partial charge in [0.25, 0.3) is 0 Å². The van der Waals surface area contributed by atoms with E-state index >= 15 is 0 Å². The van der Waals surface area contributed by atoms with Gasteiger partial charge in [-0.3, -0.25) is 4.79 Å². The van der Waals surface area contributed by atoms with Crippen molar-refractivity contribution in [3.05, 3.63) is 0 Å². The molecule has 0 unspecified atom stereocenters. The normalized spacial score (nSPS) is 20.9. The molecule has 2 fully saturated rings. The van der Waals surface area contributed by atoms with Crippen LogP contribution in [0.2, 0.25) is 0 Å². The molecule has 0 spiro atoms. The molecule has 0 atom stereocenters. The van der Waals surface area contributed by atoms with Crippen LogP contribution in [0.5, 0.6) is 0 Å². The van der Waals surface area contributed by atoms with Crippen LogP contribution < -0.4 is 5.73 Å². The minimum atomic E-state index is 0. The van der Waals surface area contributed by atoms with Gasteiger partial charge in [0.05, 0.1) is 0 Å². The number of amides is 1. The first-order chi connectivity index (χ1) is 8.77. The molecule has 5 nitrogen and oxygen atoms in total. The van der Waals surface area contributed by atoms with Crippen molar-refractivity contribution in [1.82, 2.24) is 9.80 Å². The number of hydrogen-bond acceptors (Lipinski definition) is 2. The highest BCUT2D eigenvalue weighted by Crippen LogP contribution is 2.10. The molecule has 0 bridgehead atoms. The second-order valence-electron chi connectivity index (χ2n) is 5.16. The minimum Gasteiger partial charge on any atom is -0.370 e. The van der Waals surface area contributed by atoms with Crippen LogP contribution in [0.15, 0.2) is 4.99 Å². The third-order valence-corrected chi connectivity index (χ3v) is 3.77. The quantitative estimate of drug-likeness (QED) is 0.448. The zero-order valence-electron chi connectivity index (χ0n) is 11.5. The number of hydrogen-bond donors (Lipinski definition) is 1. The summed E-state index contributed by atoms with van der Waals surface area (Å²) in [4.78, 5) is 20.2. The number of likely N-dealkylation sites (tertiary alicyclic amines) is 2. The van der Waals surface area contributed by atoms with Gasteiger partial charge in [-0.1, -0.05) is 0 Å². The van der Waals surface area contributed by atoms with E-state index in [1.54, 1.807) is 0 Å². The maximum Gasteiger partial charge on any atom is 0.244 e.